The molecule has 1 fully saturated rings. The van der Waals surface area contributed by atoms with Crippen LogP contribution in [0.25, 0.3) is 0 Å². The first-order chi connectivity index (χ1) is 19.6. The van der Waals surface area contributed by atoms with Crippen LogP contribution in [-0.4, -0.2) is 61.5 Å². The maximum Gasteiger partial charge on any atom is 0.326 e. The zero-order valence-electron chi connectivity index (χ0n) is 22.7. The summed E-state index contributed by atoms with van der Waals surface area (Å²) in [4.78, 5) is 37.5. The van der Waals surface area contributed by atoms with Crippen LogP contribution in [0, 0.1) is 6.92 Å². The number of hydrogen-bond acceptors (Lipinski definition) is 6. The summed E-state index contributed by atoms with van der Waals surface area (Å²) in [7, 11) is -2.39. The van der Waals surface area contributed by atoms with E-state index in [9.17, 15) is 27.9 Å². The van der Waals surface area contributed by atoms with Crippen LogP contribution in [0.1, 0.15) is 24.0 Å². The highest BCUT2D eigenvalue weighted by Gasteiger charge is 2.40. The first-order valence-corrected chi connectivity index (χ1v) is 14.4. The predicted octanol–water partition coefficient (Wildman–Crippen LogP) is 3.61. The van der Waals surface area contributed by atoms with Gasteiger partial charge >= 0.3 is 12.0 Å². The Bertz CT molecular complexity index is 1510. The van der Waals surface area contributed by atoms with Crippen molar-refractivity contribution in [1.82, 2.24) is 9.62 Å². The fourth-order valence-electron chi connectivity index (χ4n) is 4.56. The van der Waals surface area contributed by atoms with E-state index in [4.69, 9.17) is 4.74 Å². The van der Waals surface area contributed by atoms with Gasteiger partial charge in [0, 0.05) is 30.4 Å². The van der Waals surface area contributed by atoms with Crippen LogP contribution in [0.5, 0.6) is 5.75 Å². The lowest BCUT2D eigenvalue weighted by Crippen LogP contribution is -2.51. The maximum atomic E-state index is 13.2. The highest BCUT2D eigenvalue weighted by atomic mass is 32.2. The number of carboxylic acids is 1. The van der Waals surface area contributed by atoms with Crippen LogP contribution in [0.3, 0.4) is 0 Å². The number of carbonyl (C=O) groups excluding carboxylic acids is 2. The summed E-state index contributed by atoms with van der Waals surface area (Å²) in [6, 6.07) is 17.0. The van der Waals surface area contributed by atoms with Gasteiger partial charge in [0.25, 0.3) is 0 Å². The minimum Gasteiger partial charge on any atom is -0.497 e. The van der Waals surface area contributed by atoms with E-state index in [-0.39, 0.29) is 17.9 Å². The summed E-state index contributed by atoms with van der Waals surface area (Å²) in [6.07, 6.45) is 0.747. The van der Waals surface area contributed by atoms with Crippen molar-refractivity contribution in [3.8, 4) is 5.75 Å². The normalized spacial score (nSPS) is 16.0. The van der Waals surface area contributed by atoms with Gasteiger partial charge in [-0.2, -0.15) is 4.31 Å². The molecule has 0 bridgehead atoms. The smallest absolute Gasteiger partial charge is 0.326 e. The van der Waals surface area contributed by atoms with E-state index in [1.54, 1.807) is 60.7 Å². The van der Waals surface area contributed by atoms with E-state index in [2.05, 4.69) is 16.0 Å². The molecule has 0 saturated carbocycles. The van der Waals surface area contributed by atoms with Crippen molar-refractivity contribution >= 4 is 39.3 Å². The second-order valence-electron chi connectivity index (χ2n) is 9.70. The number of urea groups is 1. The van der Waals surface area contributed by atoms with Crippen LogP contribution in [0.2, 0.25) is 0 Å². The highest BCUT2D eigenvalue weighted by molar-refractivity contribution is 7.89. The molecule has 12 heteroatoms. The molecule has 1 heterocycles. The number of sulfonamides is 1. The summed E-state index contributed by atoms with van der Waals surface area (Å²) in [5.41, 5.74) is 2.54. The average Bonchev–Trinajstić information content (AvgIpc) is 3.45. The quantitative estimate of drug-likeness (QED) is 0.286. The Balaban J connectivity index is 1.37. The number of anilines is 2. The largest absolute Gasteiger partial charge is 0.497 e. The zero-order valence-corrected chi connectivity index (χ0v) is 23.5. The molecule has 3 amide bonds. The van der Waals surface area contributed by atoms with Gasteiger partial charge in [-0.05, 0) is 61.7 Å². The fraction of sp³-hybridized carbons (Fsp3) is 0.276. The molecule has 0 spiro atoms. The van der Waals surface area contributed by atoms with Crippen molar-refractivity contribution in [2.24, 2.45) is 0 Å². The first kappa shape index (κ1) is 29.6. The summed E-state index contributed by atoms with van der Waals surface area (Å²) in [6.45, 7) is 2.02. The molecule has 41 heavy (non-hydrogen) atoms. The zero-order chi connectivity index (χ0) is 29.6. The van der Waals surface area contributed by atoms with Crippen LogP contribution >= 0.6 is 0 Å². The number of aliphatic carboxylic acids is 1. The number of amides is 3. The van der Waals surface area contributed by atoms with E-state index >= 15 is 0 Å². The summed E-state index contributed by atoms with van der Waals surface area (Å²) in [5, 5.41) is 17.7. The van der Waals surface area contributed by atoms with Gasteiger partial charge < -0.3 is 25.8 Å². The van der Waals surface area contributed by atoms with Crippen LogP contribution < -0.4 is 20.7 Å². The minimum atomic E-state index is -3.92. The van der Waals surface area contributed by atoms with Crippen molar-refractivity contribution < 1.29 is 32.6 Å². The van der Waals surface area contributed by atoms with Gasteiger partial charge in [-0.15, -0.1) is 0 Å². The second kappa shape index (κ2) is 12.8. The van der Waals surface area contributed by atoms with Crippen molar-refractivity contribution in [1.29, 1.82) is 0 Å². The number of benzene rings is 3. The maximum absolute atomic E-state index is 13.2. The Morgan fingerprint density at radius 3 is 2.34 bits per heavy atom. The fourth-order valence-corrected chi connectivity index (χ4v) is 6.21. The monoisotopic (exact) mass is 580 g/mol. The number of nitrogens with one attached hydrogen (secondary N) is 3. The number of nitrogens with zero attached hydrogens (tertiary/aromatic N) is 1. The van der Waals surface area contributed by atoms with Crippen molar-refractivity contribution in [2.45, 2.75) is 43.2 Å². The van der Waals surface area contributed by atoms with Crippen LogP contribution in [0.15, 0.2) is 77.7 Å². The lowest BCUT2D eigenvalue weighted by molar-refractivity contribution is -0.142. The van der Waals surface area contributed by atoms with E-state index in [1.165, 1.54) is 19.2 Å². The molecule has 4 N–H and O–H groups in total. The van der Waals surface area contributed by atoms with Gasteiger partial charge in [-0.1, -0.05) is 35.9 Å². The molecule has 0 aliphatic carbocycles. The van der Waals surface area contributed by atoms with Gasteiger partial charge in [0.2, 0.25) is 15.9 Å². The van der Waals surface area contributed by atoms with Gasteiger partial charge in [-0.25, -0.2) is 18.0 Å². The van der Waals surface area contributed by atoms with Gasteiger partial charge in [0.15, 0.2) is 0 Å². The topological polar surface area (TPSA) is 154 Å². The molecule has 0 radical (unpaired) electrons. The third kappa shape index (κ3) is 7.41. The molecular weight excluding hydrogens is 548 g/mol. The number of ether oxygens (including phenoxy) is 1. The van der Waals surface area contributed by atoms with Crippen LogP contribution in [0.4, 0.5) is 16.2 Å². The molecule has 11 nitrogen and oxygen atoms in total. The SMILES string of the molecule is COc1cccc(NC(=O)Nc2ccc(C[C@H](NC(=O)[C@@H]3CCCN3S(=O)(=O)c3ccc(C)cc3)C(=O)O)cc2)c1. The number of rotatable bonds is 10. The molecule has 0 unspecified atom stereocenters. The van der Waals surface area contributed by atoms with Crippen molar-refractivity contribution in [3.63, 3.8) is 0 Å². The molecule has 1 aliphatic heterocycles. The number of methoxy groups -OCH3 is 1. The molecule has 1 aliphatic rings. The molecule has 3 aromatic carbocycles. The van der Waals surface area contributed by atoms with Crippen molar-refractivity contribution in [2.75, 3.05) is 24.3 Å². The number of carboxylic acid groups (broad SMARTS) is 1. The van der Waals surface area contributed by atoms with Crippen molar-refractivity contribution in [3.05, 3.63) is 83.9 Å². The first-order valence-electron chi connectivity index (χ1n) is 13.0. The molecule has 4 rings (SSSR count). The predicted molar refractivity (Wildman–Crippen MR) is 153 cm³/mol. The highest BCUT2D eigenvalue weighted by Crippen LogP contribution is 2.27. The Kier molecular flexibility index (Phi) is 9.25. The standard InChI is InChI=1S/C29H32N4O7S/c1-19-8-14-24(15-9-19)41(38,39)33-16-4-7-26(33)27(34)32-25(28(35)36)17-20-10-12-21(13-11-20)30-29(37)31-22-5-3-6-23(18-22)40-2/h3,5-6,8-15,18,25-26H,4,7,16-17H2,1-2H3,(H,32,34)(H,35,36)(H2,30,31,37)/t25-,26-/m0/s1. The molecule has 3 aromatic rings. The van der Waals surface area contributed by atoms with E-state index in [0.29, 0.717) is 35.5 Å². The molecule has 0 aromatic heterocycles. The lowest BCUT2D eigenvalue weighted by Gasteiger charge is -2.25. The lowest BCUT2D eigenvalue weighted by atomic mass is 10.0. The number of carbonyl (C=O) groups is 3. The Hall–Kier alpha value is -4.42. The number of hydrogen-bond donors (Lipinski definition) is 4. The van der Waals surface area contributed by atoms with Gasteiger partial charge in [-0.3, -0.25) is 4.79 Å². The van der Waals surface area contributed by atoms with Gasteiger partial charge in [0.05, 0.1) is 12.0 Å². The third-order valence-corrected chi connectivity index (χ3v) is 8.65. The Labute approximate surface area is 238 Å². The molecule has 216 valence electrons. The molecule has 2 atom stereocenters. The number of aryl methyl sites for hydroxylation is 1. The third-order valence-electron chi connectivity index (χ3n) is 6.73. The minimum absolute atomic E-state index is 0.0329. The van der Waals surface area contributed by atoms with E-state index in [0.717, 1.165) is 9.87 Å². The summed E-state index contributed by atoms with van der Waals surface area (Å²) in [5.74, 6) is -1.30. The van der Waals surface area contributed by atoms with Gasteiger partial charge in [0.1, 0.15) is 17.8 Å². The summed E-state index contributed by atoms with van der Waals surface area (Å²) < 4.78 is 32.7. The Morgan fingerprint density at radius 2 is 1.68 bits per heavy atom. The average molecular weight is 581 g/mol. The molecular formula is C29H32N4O7S. The second-order valence-corrected chi connectivity index (χ2v) is 11.6. The Morgan fingerprint density at radius 1 is 1.00 bits per heavy atom. The molecule has 1 saturated heterocycles. The summed E-state index contributed by atoms with van der Waals surface area (Å²) >= 11 is 0. The van der Waals surface area contributed by atoms with E-state index in [1.807, 2.05) is 6.92 Å². The van der Waals surface area contributed by atoms with Crippen LogP contribution in [-0.2, 0) is 26.0 Å². The van der Waals surface area contributed by atoms with E-state index < -0.39 is 40.0 Å².